The predicted molar refractivity (Wildman–Crippen MR) is 137 cm³/mol. The molecule has 6 N–H and O–H groups in total. The molecule has 0 saturated heterocycles. The second-order valence-electron chi connectivity index (χ2n) is 10.3. The number of ketones is 2. The molecule has 5 rings (SSSR count). The number of fused-ring (bicyclic) bond motifs is 3. The zero-order valence-electron chi connectivity index (χ0n) is 21.2. The van der Waals surface area contributed by atoms with E-state index in [0.29, 0.717) is 11.1 Å². The van der Waals surface area contributed by atoms with Crippen LogP contribution in [0.15, 0.2) is 53.3 Å². The van der Waals surface area contributed by atoms with Crippen molar-refractivity contribution in [1.82, 2.24) is 0 Å². The summed E-state index contributed by atoms with van der Waals surface area (Å²) in [6.07, 6.45) is -0.138. The number of ether oxygens (including phenoxy) is 1. The highest BCUT2D eigenvalue weighted by Gasteiger charge is 2.60. The molecule has 0 aliphatic heterocycles. The number of methoxy groups -OCH3 is 1. The third-order valence-electron chi connectivity index (χ3n) is 8.22. The van der Waals surface area contributed by atoms with Crippen molar-refractivity contribution in [3.8, 4) is 16.9 Å². The number of esters is 1. The molecule has 10 nitrogen and oxygen atoms in total. The van der Waals surface area contributed by atoms with Crippen molar-refractivity contribution < 1.29 is 44.3 Å². The molecular formula is C29H27NO9. The van der Waals surface area contributed by atoms with Gasteiger partial charge in [-0.15, -0.1) is 0 Å². The second-order valence-corrected chi connectivity index (χ2v) is 10.3. The fourth-order valence-electron chi connectivity index (χ4n) is 6.16. The lowest BCUT2D eigenvalue weighted by Gasteiger charge is -2.46. The average Bonchev–Trinajstić information content (AvgIpc) is 2.90. The van der Waals surface area contributed by atoms with Gasteiger partial charge in [-0.3, -0.25) is 19.2 Å². The molecule has 3 aliphatic rings. The summed E-state index contributed by atoms with van der Waals surface area (Å²) in [4.78, 5) is 49.8. The highest BCUT2D eigenvalue weighted by molar-refractivity contribution is 6.22. The van der Waals surface area contributed by atoms with Gasteiger partial charge in [-0.1, -0.05) is 30.3 Å². The first kappa shape index (κ1) is 26.2. The minimum Gasteiger partial charge on any atom is -0.508 e. The largest absolute Gasteiger partial charge is 0.508 e. The van der Waals surface area contributed by atoms with Gasteiger partial charge in [0.2, 0.25) is 5.78 Å². The van der Waals surface area contributed by atoms with Crippen LogP contribution in [0.1, 0.15) is 42.4 Å². The Labute approximate surface area is 223 Å². The Hall–Kier alpha value is -4.44. The van der Waals surface area contributed by atoms with Gasteiger partial charge in [-0.2, -0.15) is 0 Å². The normalized spacial score (nSPS) is 25.0. The predicted octanol–water partition coefficient (Wildman–Crippen LogP) is 2.37. The number of hydrogen-bond acceptors (Lipinski definition) is 9. The topological polar surface area (TPSA) is 184 Å². The SMILES string of the molecule is COC(=O)C(C)c1ccc(-c2ccc(O)c3c2C[C@H]2C[C@H]4CC(=O)C(C(N)=O)=C(O)[C@@]4(O)C(=O)C2=C3O)cc1. The summed E-state index contributed by atoms with van der Waals surface area (Å²) in [5.74, 6) is -7.53. The van der Waals surface area contributed by atoms with E-state index in [1.807, 2.05) is 0 Å². The zero-order chi connectivity index (χ0) is 28.4. The van der Waals surface area contributed by atoms with Gasteiger partial charge in [-0.05, 0) is 54.0 Å². The Bertz CT molecular complexity index is 1520. The van der Waals surface area contributed by atoms with E-state index in [0.717, 1.165) is 11.1 Å². The molecule has 1 unspecified atom stereocenters. The van der Waals surface area contributed by atoms with Crippen molar-refractivity contribution in [2.24, 2.45) is 17.6 Å². The van der Waals surface area contributed by atoms with E-state index in [9.17, 15) is 39.6 Å². The number of primary amides is 1. The van der Waals surface area contributed by atoms with Crippen LogP contribution in [0.2, 0.25) is 0 Å². The van der Waals surface area contributed by atoms with E-state index in [1.165, 1.54) is 13.2 Å². The number of carbonyl (C=O) groups excluding carboxylic acids is 4. The number of Topliss-reactive ketones (excluding diaryl/α,β-unsaturated/α-hetero) is 2. The van der Waals surface area contributed by atoms with Crippen LogP contribution in [0.5, 0.6) is 5.75 Å². The molecule has 0 radical (unpaired) electrons. The van der Waals surface area contributed by atoms with Gasteiger partial charge in [0.15, 0.2) is 11.4 Å². The second kappa shape index (κ2) is 9.09. The van der Waals surface area contributed by atoms with Gasteiger partial charge < -0.3 is 30.9 Å². The number of amides is 1. The van der Waals surface area contributed by atoms with Crippen molar-refractivity contribution >= 4 is 29.2 Å². The number of rotatable bonds is 4. The first-order chi connectivity index (χ1) is 18.4. The molecule has 1 amide bonds. The number of nitrogens with two attached hydrogens (primary N) is 1. The molecule has 4 atom stereocenters. The van der Waals surface area contributed by atoms with Crippen LogP contribution >= 0.6 is 0 Å². The molecule has 0 spiro atoms. The molecule has 2 aromatic rings. The molecule has 1 fully saturated rings. The highest BCUT2D eigenvalue weighted by Crippen LogP contribution is 2.53. The van der Waals surface area contributed by atoms with Gasteiger partial charge in [0.05, 0.1) is 18.6 Å². The number of aromatic hydroxyl groups is 1. The van der Waals surface area contributed by atoms with Crippen molar-refractivity contribution in [3.63, 3.8) is 0 Å². The molecule has 3 aliphatic carbocycles. The van der Waals surface area contributed by atoms with Crippen LogP contribution in [0.4, 0.5) is 0 Å². The molecule has 0 aromatic heterocycles. The molecule has 0 bridgehead atoms. The number of phenols is 1. The smallest absolute Gasteiger partial charge is 0.312 e. The number of benzene rings is 2. The quantitative estimate of drug-likeness (QED) is 0.291. The van der Waals surface area contributed by atoms with Crippen molar-refractivity contribution in [2.75, 3.05) is 7.11 Å². The van der Waals surface area contributed by atoms with Crippen LogP contribution in [-0.4, -0.2) is 56.6 Å². The van der Waals surface area contributed by atoms with Gasteiger partial charge in [-0.25, -0.2) is 0 Å². The standard InChI is InChI=1S/C29H27NO9/c1-12(28(37)39-2)13-3-5-14(6-4-13)17-7-8-19(31)22-18(17)10-15-9-16-11-20(32)23(27(30)36)26(35)29(16,38)25(34)21(15)24(22)33/h3-8,12,15-16,31,33,35,38H,9-11H2,1-2H3,(H2,30,36)/t12?,15-,16+,29+/m1/s1. The van der Waals surface area contributed by atoms with Gasteiger partial charge in [0, 0.05) is 17.9 Å². The number of hydrogen-bond donors (Lipinski definition) is 5. The highest BCUT2D eigenvalue weighted by atomic mass is 16.5. The molecular weight excluding hydrogens is 506 g/mol. The maximum atomic E-state index is 13.6. The monoisotopic (exact) mass is 533 g/mol. The Morgan fingerprint density at radius 3 is 2.33 bits per heavy atom. The summed E-state index contributed by atoms with van der Waals surface area (Å²) >= 11 is 0. The number of aliphatic hydroxyl groups excluding tert-OH is 2. The lowest BCUT2D eigenvalue weighted by Crippen LogP contribution is -2.58. The van der Waals surface area contributed by atoms with Gasteiger partial charge >= 0.3 is 5.97 Å². The van der Waals surface area contributed by atoms with Crippen LogP contribution < -0.4 is 5.73 Å². The Kier molecular flexibility index (Phi) is 6.10. The van der Waals surface area contributed by atoms with Gasteiger partial charge in [0.25, 0.3) is 5.91 Å². The van der Waals surface area contributed by atoms with E-state index in [2.05, 4.69) is 0 Å². The molecule has 202 valence electrons. The van der Waals surface area contributed by atoms with E-state index >= 15 is 0 Å². The minimum absolute atomic E-state index is 0.0200. The first-order valence-corrected chi connectivity index (χ1v) is 12.4. The van der Waals surface area contributed by atoms with E-state index in [1.54, 1.807) is 37.3 Å². The Morgan fingerprint density at radius 2 is 1.72 bits per heavy atom. The Morgan fingerprint density at radius 1 is 1.05 bits per heavy atom. The number of phenolic OH excluding ortho intramolecular Hbond substituents is 1. The summed E-state index contributed by atoms with van der Waals surface area (Å²) in [5.41, 5.74) is 4.34. The fraction of sp³-hybridized carbons (Fsp3) is 0.310. The third kappa shape index (κ3) is 3.74. The summed E-state index contributed by atoms with van der Waals surface area (Å²) in [6.45, 7) is 1.73. The van der Waals surface area contributed by atoms with Crippen LogP contribution in [0, 0.1) is 11.8 Å². The van der Waals surface area contributed by atoms with E-state index in [-0.39, 0.29) is 42.1 Å². The first-order valence-electron chi connectivity index (χ1n) is 12.4. The lowest BCUT2D eigenvalue weighted by atomic mass is 9.59. The average molecular weight is 534 g/mol. The van der Waals surface area contributed by atoms with Crippen LogP contribution in [-0.2, 0) is 30.3 Å². The van der Waals surface area contributed by atoms with Crippen molar-refractivity contribution in [2.45, 2.75) is 37.7 Å². The lowest BCUT2D eigenvalue weighted by molar-refractivity contribution is -0.147. The summed E-state index contributed by atoms with van der Waals surface area (Å²) in [7, 11) is 1.32. The summed E-state index contributed by atoms with van der Waals surface area (Å²) in [5, 5.41) is 44.0. The van der Waals surface area contributed by atoms with Crippen LogP contribution in [0.3, 0.4) is 0 Å². The maximum absolute atomic E-state index is 13.6. The number of carbonyl (C=O) groups is 4. The fourth-order valence-corrected chi connectivity index (χ4v) is 6.16. The minimum atomic E-state index is -2.60. The third-order valence-corrected chi connectivity index (χ3v) is 8.22. The number of aliphatic hydroxyl groups is 3. The van der Waals surface area contributed by atoms with Crippen molar-refractivity contribution in [3.05, 3.63) is 70.0 Å². The van der Waals surface area contributed by atoms with Crippen molar-refractivity contribution in [1.29, 1.82) is 0 Å². The summed E-state index contributed by atoms with van der Waals surface area (Å²) < 4.78 is 4.81. The van der Waals surface area contributed by atoms with E-state index < -0.39 is 57.9 Å². The molecule has 1 saturated carbocycles. The molecule has 2 aromatic carbocycles. The Balaban J connectivity index is 1.62. The van der Waals surface area contributed by atoms with Gasteiger partial charge in [0.1, 0.15) is 22.8 Å². The molecule has 0 heterocycles. The summed E-state index contributed by atoms with van der Waals surface area (Å²) in [6, 6.07) is 10.2. The zero-order valence-corrected chi connectivity index (χ0v) is 21.2. The van der Waals surface area contributed by atoms with E-state index in [4.69, 9.17) is 10.5 Å². The maximum Gasteiger partial charge on any atom is 0.312 e. The molecule has 10 heteroatoms. The molecule has 39 heavy (non-hydrogen) atoms. The van der Waals surface area contributed by atoms with Crippen LogP contribution in [0.25, 0.3) is 16.9 Å².